The second-order valence-electron chi connectivity index (χ2n) is 10.2. The van der Waals surface area contributed by atoms with E-state index in [-0.39, 0.29) is 56.4 Å². The molecular formula is C27H47N11O6. The van der Waals surface area contributed by atoms with Crippen molar-refractivity contribution in [3.8, 4) is 5.75 Å². The van der Waals surface area contributed by atoms with Gasteiger partial charge in [0.1, 0.15) is 23.9 Å². The van der Waals surface area contributed by atoms with Crippen molar-refractivity contribution < 1.29 is 29.4 Å². The SMILES string of the molecule is NCCCCC(NC(=O)C(CCCN=C(N)N)NC(=O)C(N)CCCN=C(N)N)C(=O)NC(Cc1ccc(O)cc1)C(=O)O. The summed E-state index contributed by atoms with van der Waals surface area (Å²) in [6.45, 7) is 0.811. The third kappa shape index (κ3) is 15.5. The largest absolute Gasteiger partial charge is 0.508 e. The molecule has 4 unspecified atom stereocenters. The van der Waals surface area contributed by atoms with Crippen LogP contribution in [0.4, 0.5) is 0 Å². The van der Waals surface area contributed by atoms with Gasteiger partial charge < -0.3 is 60.6 Å². The Morgan fingerprint density at radius 2 is 1.18 bits per heavy atom. The fourth-order valence-corrected chi connectivity index (χ4v) is 4.08. The lowest BCUT2D eigenvalue weighted by Crippen LogP contribution is -2.57. The predicted molar refractivity (Wildman–Crippen MR) is 166 cm³/mol. The smallest absolute Gasteiger partial charge is 0.326 e. The first kappa shape index (κ1) is 37.4. The molecule has 3 amide bonds. The van der Waals surface area contributed by atoms with Crippen molar-refractivity contribution in [2.45, 2.75) is 75.5 Å². The molecule has 0 radical (unpaired) electrons. The number of carboxylic acids is 1. The molecular weight excluding hydrogens is 574 g/mol. The van der Waals surface area contributed by atoms with Crippen molar-refractivity contribution in [1.82, 2.24) is 16.0 Å². The zero-order chi connectivity index (χ0) is 33.1. The van der Waals surface area contributed by atoms with E-state index in [1.807, 2.05) is 0 Å². The van der Waals surface area contributed by atoms with Crippen LogP contribution in [0.2, 0.25) is 0 Å². The number of phenolic OH excluding ortho intramolecular Hbond substituents is 1. The van der Waals surface area contributed by atoms with Gasteiger partial charge in [-0.25, -0.2) is 4.79 Å². The molecule has 1 rings (SSSR count). The van der Waals surface area contributed by atoms with Crippen molar-refractivity contribution in [3.63, 3.8) is 0 Å². The highest BCUT2D eigenvalue weighted by atomic mass is 16.4. The molecule has 1 aromatic carbocycles. The summed E-state index contributed by atoms with van der Waals surface area (Å²) in [6, 6.07) is 1.40. The van der Waals surface area contributed by atoms with Crippen LogP contribution in [0, 0.1) is 0 Å². The quantitative estimate of drug-likeness (QED) is 0.0372. The van der Waals surface area contributed by atoms with E-state index < -0.39 is 47.9 Å². The summed E-state index contributed by atoms with van der Waals surface area (Å²) in [5, 5.41) is 27.0. The number of hydrogen-bond acceptors (Lipinski definition) is 9. The van der Waals surface area contributed by atoms with E-state index >= 15 is 0 Å². The minimum atomic E-state index is -1.31. The Kier molecular flexibility index (Phi) is 17.2. The van der Waals surface area contributed by atoms with Crippen LogP contribution >= 0.6 is 0 Å². The highest BCUT2D eigenvalue weighted by Gasteiger charge is 2.30. The van der Waals surface area contributed by atoms with Crippen molar-refractivity contribution in [1.29, 1.82) is 0 Å². The van der Waals surface area contributed by atoms with Gasteiger partial charge in [0.2, 0.25) is 17.7 Å². The lowest BCUT2D eigenvalue weighted by Gasteiger charge is -2.25. The number of aliphatic imine (C=N–C) groups is 2. The number of benzene rings is 1. The van der Waals surface area contributed by atoms with Crippen LogP contribution in [-0.2, 0) is 25.6 Å². The number of nitrogens with one attached hydrogen (secondary N) is 3. The molecule has 44 heavy (non-hydrogen) atoms. The molecule has 0 heterocycles. The second kappa shape index (κ2) is 20.3. The van der Waals surface area contributed by atoms with E-state index in [0.717, 1.165) is 0 Å². The first-order chi connectivity index (χ1) is 20.8. The minimum absolute atomic E-state index is 0.0131. The molecule has 17 heteroatoms. The molecule has 4 atom stereocenters. The van der Waals surface area contributed by atoms with Gasteiger partial charge in [0.25, 0.3) is 0 Å². The average Bonchev–Trinajstić information content (AvgIpc) is 2.96. The van der Waals surface area contributed by atoms with Gasteiger partial charge in [-0.05, 0) is 69.2 Å². The van der Waals surface area contributed by atoms with Gasteiger partial charge >= 0.3 is 5.97 Å². The fourth-order valence-electron chi connectivity index (χ4n) is 4.08. The van der Waals surface area contributed by atoms with E-state index in [2.05, 4.69) is 25.9 Å². The van der Waals surface area contributed by atoms with Crippen LogP contribution in [0.15, 0.2) is 34.3 Å². The normalized spacial score (nSPS) is 13.4. The Bertz CT molecular complexity index is 1120. The zero-order valence-electron chi connectivity index (χ0n) is 24.8. The topological polar surface area (TPSA) is 326 Å². The molecule has 17 nitrogen and oxygen atoms in total. The maximum Gasteiger partial charge on any atom is 0.326 e. The number of hydrogen-bond donors (Lipinski definition) is 11. The number of amides is 3. The minimum Gasteiger partial charge on any atom is -0.508 e. The van der Waals surface area contributed by atoms with E-state index in [1.54, 1.807) is 12.1 Å². The number of carbonyl (C=O) groups is 4. The monoisotopic (exact) mass is 621 g/mol. The number of aliphatic carboxylic acids is 1. The van der Waals surface area contributed by atoms with Gasteiger partial charge in [-0.3, -0.25) is 24.4 Å². The molecule has 246 valence electrons. The Balaban J connectivity index is 3.05. The number of rotatable bonds is 21. The third-order valence-corrected chi connectivity index (χ3v) is 6.45. The molecule has 0 spiro atoms. The lowest BCUT2D eigenvalue weighted by atomic mass is 10.0. The van der Waals surface area contributed by atoms with Crippen LogP contribution in [0.5, 0.6) is 5.75 Å². The van der Waals surface area contributed by atoms with Crippen LogP contribution < -0.4 is 50.4 Å². The summed E-state index contributed by atoms with van der Waals surface area (Å²) in [7, 11) is 0. The first-order valence-corrected chi connectivity index (χ1v) is 14.3. The van der Waals surface area contributed by atoms with Gasteiger partial charge in [0.15, 0.2) is 11.9 Å². The summed E-state index contributed by atoms with van der Waals surface area (Å²) in [6.07, 6.45) is 2.22. The molecule has 0 aromatic heterocycles. The maximum atomic E-state index is 13.4. The maximum absolute atomic E-state index is 13.4. The molecule has 1 aromatic rings. The lowest BCUT2D eigenvalue weighted by molar-refractivity contribution is -0.142. The Morgan fingerprint density at radius 3 is 1.68 bits per heavy atom. The predicted octanol–water partition coefficient (Wildman–Crippen LogP) is -2.96. The average molecular weight is 622 g/mol. The van der Waals surface area contributed by atoms with E-state index in [1.165, 1.54) is 12.1 Å². The third-order valence-electron chi connectivity index (χ3n) is 6.45. The van der Waals surface area contributed by atoms with Crippen molar-refractivity contribution in [2.24, 2.45) is 44.4 Å². The van der Waals surface area contributed by atoms with Crippen LogP contribution in [0.1, 0.15) is 50.5 Å². The van der Waals surface area contributed by atoms with Crippen LogP contribution in [-0.4, -0.2) is 89.6 Å². The highest BCUT2D eigenvalue weighted by molar-refractivity contribution is 5.94. The number of aromatic hydroxyl groups is 1. The van der Waals surface area contributed by atoms with Gasteiger partial charge in [-0.2, -0.15) is 0 Å². The summed E-state index contributed by atoms with van der Waals surface area (Å²) in [5.41, 5.74) is 33.5. The number of nitrogens with zero attached hydrogens (tertiary/aromatic N) is 2. The van der Waals surface area contributed by atoms with Crippen LogP contribution in [0.25, 0.3) is 0 Å². The first-order valence-electron chi connectivity index (χ1n) is 14.3. The molecule has 0 fully saturated rings. The Labute approximate surface area is 256 Å². The standard InChI is InChI=1S/C27H47N11O6/c28-12-2-1-6-19(24(42)38-21(25(43)44)15-16-8-10-17(39)11-9-16)37-23(41)20(7-4-14-35-27(32)33)36-22(40)18(29)5-3-13-34-26(30)31/h8-11,18-21,39H,1-7,12-15,28-29H2,(H,36,40)(H,37,41)(H,38,42)(H,43,44)(H4,30,31,34)(H4,32,33,35). The fraction of sp³-hybridized carbons (Fsp3) is 0.556. The zero-order valence-corrected chi connectivity index (χ0v) is 24.8. The van der Waals surface area contributed by atoms with Gasteiger partial charge in [0, 0.05) is 19.5 Å². The van der Waals surface area contributed by atoms with Gasteiger partial charge in [-0.15, -0.1) is 0 Å². The summed E-state index contributed by atoms with van der Waals surface area (Å²) in [4.78, 5) is 59.2. The van der Waals surface area contributed by atoms with Crippen molar-refractivity contribution in [2.75, 3.05) is 19.6 Å². The van der Waals surface area contributed by atoms with E-state index in [4.69, 9.17) is 34.4 Å². The van der Waals surface area contributed by atoms with Crippen LogP contribution in [0.3, 0.4) is 0 Å². The molecule has 0 aliphatic carbocycles. The number of carbonyl (C=O) groups excluding carboxylic acids is 3. The molecule has 0 saturated carbocycles. The number of unbranched alkanes of at least 4 members (excludes halogenated alkanes) is 1. The molecule has 0 aliphatic heterocycles. The molecule has 0 saturated heterocycles. The second-order valence-corrected chi connectivity index (χ2v) is 10.2. The Morgan fingerprint density at radius 1 is 0.705 bits per heavy atom. The number of carboxylic acid groups (broad SMARTS) is 1. The molecule has 17 N–H and O–H groups in total. The Hall–Kier alpha value is -4.64. The molecule has 0 aliphatic rings. The number of nitrogens with two attached hydrogens (primary N) is 6. The van der Waals surface area contributed by atoms with Gasteiger partial charge in [-0.1, -0.05) is 12.1 Å². The number of guanidine groups is 2. The molecule has 0 bridgehead atoms. The summed E-state index contributed by atoms with van der Waals surface area (Å²) >= 11 is 0. The summed E-state index contributed by atoms with van der Waals surface area (Å²) < 4.78 is 0. The van der Waals surface area contributed by atoms with E-state index in [0.29, 0.717) is 37.8 Å². The summed E-state index contributed by atoms with van der Waals surface area (Å²) in [5.74, 6) is -3.47. The highest BCUT2D eigenvalue weighted by Crippen LogP contribution is 2.12. The number of phenols is 1. The van der Waals surface area contributed by atoms with Crippen molar-refractivity contribution >= 4 is 35.6 Å². The van der Waals surface area contributed by atoms with Gasteiger partial charge in [0.05, 0.1) is 6.04 Å². The van der Waals surface area contributed by atoms with E-state index in [9.17, 15) is 29.4 Å². The van der Waals surface area contributed by atoms with Crippen molar-refractivity contribution in [3.05, 3.63) is 29.8 Å².